The van der Waals surface area contributed by atoms with Gasteiger partial charge in [-0.3, -0.25) is 4.40 Å². The third-order valence-corrected chi connectivity index (χ3v) is 5.71. The van der Waals surface area contributed by atoms with Gasteiger partial charge in [-0.1, -0.05) is 12.1 Å². The lowest BCUT2D eigenvalue weighted by atomic mass is 9.98. The molecule has 4 rings (SSSR count). The maximum atomic E-state index is 5.27. The van der Waals surface area contributed by atoms with Crippen LogP contribution in [0.5, 0.6) is 5.75 Å². The molecule has 6 nitrogen and oxygen atoms in total. The van der Waals surface area contributed by atoms with E-state index < -0.39 is 0 Å². The molecule has 150 valence electrons. The lowest BCUT2D eigenvalue weighted by Gasteiger charge is -2.21. The van der Waals surface area contributed by atoms with Gasteiger partial charge in [-0.05, 0) is 31.0 Å². The number of thiazole rings is 1. The van der Waals surface area contributed by atoms with Crippen LogP contribution in [0, 0.1) is 0 Å². The van der Waals surface area contributed by atoms with Crippen LogP contribution in [0.4, 0.5) is 0 Å². The minimum absolute atomic E-state index is 0. The molecule has 3 heterocycles. The van der Waals surface area contributed by atoms with E-state index in [9.17, 15) is 0 Å². The molecule has 28 heavy (non-hydrogen) atoms. The minimum Gasteiger partial charge on any atom is -0.497 e. The van der Waals surface area contributed by atoms with E-state index >= 15 is 0 Å². The van der Waals surface area contributed by atoms with Crippen LogP contribution in [0.3, 0.4) is 0 Å². The second kappa shape index (κ2) is 9.60. The predicted octanol–water partition coefficient (Wildman–Crippen LogP) is 3.98. The zero-order valence-corrected chi connectivity index (χ0v) is 19.3. The van der Waals surface area contributed by atoms with Crippen molar-refractivity contribution in [2.24, 2.45) is 4.99 Å². The van der Waals surface area contributed by atoms with Crippen LogP contribution in [-0.4, -0.2) is 47.0 Å². The first-order valence-electron chi connectivity index (χ1n) is 9.35. The quantitative estimate of drug-likeness (QED) is 0.320. The lowest BCUT2D eigenvalue weighted by Crippen LogP contribution is -2.40. The Labute approximate surface area is 186 Å². The highest BCUT2D eigenvalue weighted by Crippen LogP contribution is 2.28. The van der Waals surface area contributed by atoms with Gasteiger partial charge in [0.1, 0.15) is 5.75 Å². The summed E-state index contributed by atoms with van der Waals surface area (Å²) in [7, 11) is 1.70. The molecule has 1 unspecified atom stereocenters. The Morgan fingerprint density at radius 2 is 2.18 bits per heavy atom. The number of hydrogen-bond donors (Lipinski definition) is 1. The number of nitrogens with one attached hydrogen (secondary N) is 1. The van der Waals surface area contributed by atoms with Gasteiger partial charge in [-0.25, -0.2) is 9.98 Å². The molecule has 0 spiro atoms. The summed E-state index contributed by atoms with van der Waals surface area (Å²) in [5.41, 5.74) is 2.37. The fraction of sp³-hybridized carbons (Fsp3) is 0.400. The number of ether oxygens (including phenoxy) is 1. The van der Waals surface area contributed by atoms with Crippen molar-refractivity contribution in [2.75, 3.05) is 26.7 Å². The van der Waals surface area contributed by atoms with Crippen LogP contribution in [0.2, 0.25) is 0 Å². The van der Waals surface area contributed by atoms with Gasteiger partial charge in [0.2, 0.25) is 0 Å². The van der Waals surface area contributed by atoms with Gasteiger partial charge in [0.15, 0.2) is 10.9 Å². The normalized spacial score (nSPS) is 17.0. The molecule has 1 aliphatic heterocycles. The van der Waals surface area contributed by atoms with Crippen LogP contribution in [0.25, 0.3) is 4.96 Å². The number of fused-ring (bicyclic) bond motifs is 1. The molecule has 8 heteroatoms. The van der Waals surface area contributed by atoms with Crippen molar-refractivity contribution in [3.63, 3.8) is 0 Å². The number of guanidine groups is 1. The first kappa shape index (κ1) is 20.9. The average Bonchev–Trinajstić information content (AvgIpc) is 3.41. The van der Waals surface area contributed by atoms with Gasteiger partial charge >= 0.3 is 0 Å². The highest BCUT2D eigenvalue weighted by atomic mass is 127. The molecule has 3 aromatic rings. The molecule has 1 saturated heterocycles. The summed E-state index contributed by atoms with van der Waals surface area (Å²) in [5, 5.41) is 5.48. The van der Waals surface area contributed by atoms with Crippen molar-refractivity contribution in [3.8, 4) is 5.75 Å². The summed E-state index contributed by atoms with van der Waals surface area (Å²) < 4.78 is 7.32. The molecule has 0 bridgehead atoms. The van der Waals surface area contributed by atoms with Gasteiger partial charge in [0.25, 0.3) is 0 Å². The Hall–Kier alpha value is -1.81. The third-order valence-electron chi connectivity index (χ3n) is 4.94. The Balaban J connectivity index is 0.00000225. The summed E-state index contributed by atoms with van der Waals surface area (Å²) in [6, 6.07) is 8.44. The van der Waals surface area contributed by atoms with Crippen LogP contribution >= 0.6 is 35.3 Å². The van der Waals surface area contributed by atoms with Gasteiger partial charge in [-0.2, -0.15) is 0 Å². The number of likely N-dealkylation sites (tertiary alicyclic amines) is 1. The molecule has 1 N–H and O–H groups in total. The molecule has 0 amide bonds. The Morgan fingerprint density at radius 1 is 1.36 bits per heavy atom. The molecule has 1 atom stereocenters. The van der Waals surface area contributed by atoms with Gasteiger partial charge in [0, 0.05) is 43.3 Å². The maximum absolute atomic E-state index is 5.27. The van der Waals surface area contributed by atoms with Gasteiger partial charge < -0.3 is 15.0 Å². The van der Waals surface area contributed by atoms with Crippen molar-refractivity contribution < 1.29 is 4.74 Å². The van der Waals surface area contributed by atoms with Crippen molar-refractivity contribution in [3.05, 3.63) is 53.3 Å². The Kier molecular flexibility index (Phi) is 7.17. The standard InChI is InChI=1S/C20H25N5OS.HI/c1-3-21-19(22-12-17-14-25-10-11-27-20(25)23-17)24-9-8-16(13-24)15-4-6-18(26-2)7-5-15;/h4-7,10-11,14,16H,3,8-9,12-13H2,1-2H3,(H,21,22);1H. The van der Waals surface area contributed by atoms with Gasteiger partial charge in [-0.15, -0.1) is 35.3 Å². The Morgan fingerprint density at radius 3 is 2.89 bits per heavy atom. The predicted molar refractivity (Wildman–Crippen MR) is 125 cm³/mol. The van der Waals surface area contributed by atoms with Crippen molar-refractivity contribution >= 4 is 46.2 Å². The molecule has 2 aromatic heterocycles. The molecule has 1 aromatic carbocycles. The number of hydrogen-bond acceptors (Lipinski definition) is 4. The van der Waals surface area contributed by atoms with Crippen molar-refractivity contribution in [1.29, 1.82) is 0 Å². The Bertz CT molecular complexity index is 892. The van der Waals surface area contributed by atoms with E-state index in [0.29, 0.717) is 12.5 Å². The molecular weight excluding hydrogens is 485 g/mol. The lowest BCUT2D eigenvalue weighted by molar-refractivity contribution is 0.414. The maximum Gasteiger partial charge on any atom is 0.194 e. The first-order valence-corrected chi connectivity index (χ1v) is 10.2. The van der Waals surface area contributed by atoms with E-state index in [1.165, 1.54) is 5.56 Å². The smallest absolute Gasteiger partial charge is 0.194 e. The third kappa shape index (κ3) is 4.60. The molecule has 1 aliphatic rings. The van der Waals surface area contributed by atoms with Crippen LogP contribution in [0.1, 0.15) is 30.5 Å². The number of aromatic nitrogens is 2. The number of benzene rings is 1. The van der Waals surface area contributed by atoms with E-state index in [0.717, 1.165) is 48.4 Å². The summed E-state index contributed by atoms with van der Waals surface area (Å²) in [5.74, 6) is 2.41. The van der Waals surface area contributed by atoms with Gasteiger partial charge in [0.05, 0.1) is 19.3 Å². The number of halogens is 1. The fourth-order valence-electron chi connectivity index (χ4n) is 3.53. The molecular formula is C20H26IN5OS. The SMILES string of the molecule is CCNC(=NCc1cn2ccsc2n1)N1CCC(c2ccc(OC)cc2)C1.I. The number of rotatable bonds is 5. The number of imidazole rings is 1. The minimum atomic E-state index is 0. The highest BCUT2D eigenvalue weighted by Gasteiger charge is 2.26. The summed E-state index contributed by atoms with van der Waals surface area (Å²) in [4.78, 5) is 12.8. The van der Waals surface area contributed by atoms with E-state index in [2.05, 4.69) is 44.9 Å². The molecule has 0 aliphatic carbocycles. The average molecular weight is 511 g/mol. The monoisotopic (exact) mass is 511 g/mol. The van der Waals surface area contributed by atoms with Crippen LogP contribution < -0.4 is 10.1 Å². The molecule has 0 saturated carbocycles. The molecule has 1 fully saturated rings. The number of methoxy groups -OCH3 is 1. The fourth-order valence-corrected chi connectivity index (χ4v) is 4.25. The summed E-state index contributed by atoms with van der Waals surface area (Å²) in [6.07, 6.45) is 5.23. The number of aliphatic imine (C=N–C) groups is 1. The topological polar surface area (TPSA) is 54.2 Å². The largest absolute Gasteiger partial charge is 0.497 e. The second-order valence-corrected chi connectivity index (χ2v) is 7.57. The zero-order valence-electron chi connectivity index (χ0n) is 16.2. The van der Waals surface area contributed by atoms with E-state index in [1.807, 2.05) is 23.7 Å². The highest BCUT2D eigenvalue weighted by molar-refractivity contribution is 14.0. The van der Waals surface area contributed by atoms with Crippen molar-refractivity contribution in [1.82, 2.24) is 19.6 Å². The summed E-state index contributed by atoms with van der Waals surface area (Å²) >= 11 is 1.65. The molecule has 0 radical (unpaired) electrons. The summed E-state index contributed by atoms with van der Waals surface area (Å²) in [6.45, 7) is 5.57. The number of nitrogens with zero attached hydrogens (tertiary/aromatic N) is 4. The van der Waals surface area contributed by atoms with E-state index in [-0.39, 0.29) is 24.0 Å². The van der Waals surface area contributed by atoms with E-state index in [1.54, 1.807) is 18.4 Å². The van der Waals surface area contributed by atoms with E-state index in [4.69, 9.17) is 9.73 Å². The van der Waals surface area contributed by atoms with Crippen molar-refractivity contribution in [2.45, 2.75) is 25.8 Å². The second-order valence-electron chi connectivity index (χ2n) is 6.70. The van der Waals surface area contributed by atoms with Crippen LogP contribution in [-0.2, 0) is 6.54 Å². The van der Waals surface area contributed by atoms with Crippen LogP contribution in [0.15, 0.2) is 47.0 Å². The zero-order chi connectivity index (χ0) is 18.6. The first-order chi connectivity index (χ1) is 13.3.